The van der Waals surface area contributed by atoms with E-state index in [1.165, 1.54) is 16.0 Å². The summed E-state index contributed by atoms with van der Waals surface area (Å²) in [5.41, 5.74) is 5.04. The fourth-order valence-corrected chi connectivity index (χ4v) is 3.28. The van der Waals surface area contributed by atoms with Gasteiger partial charge in [0, 0.05) is 22.5 Å². The minimum atomic E-state index is -0.581. The normalized spacial score (nSPS) is 11.1. The van der Waals surface area contributed by atoms with Crippen LogP contribution in [0, 0.1) is 0 Å². The van der Waals surface area contributed by atoms with Gasteiger partial charge in [0.15, 0.2) is 11.6 Å². The monoisotopic (exact) mass is 427 g/mol. The van der Waals surface area contributed by atoms with Crippen LogP contribution in [-0.4, -0.2) is 23.6 Å². The predicted octanol–water partition coefficient (Wildman–Crippen LogP) is 3.26. The lowest BCUT2D eigenvalue weighted by Gasteiger charge is -1.98. The Balaban J connectivity index is 1.55. The summed E-state index contributed by atoms with van der Waals surface area (Å²) < 4.78 is 11.4. The molecular weight excluding hydrogens is 414 g/mol. The fourth-order valence-electron chi connectivity index (χ4n) is 2.51. The van der Waals surface area contributed by atoms with E-state index >= 15 is 0 Å². The minimum absolute atomic E-state index is 0.223. The van der Waals surface area contributed by atoms with Gasteiger partial charge in [-0.15, -0.1) is 11.3 Å². The molecular formula is C19H14ClN5O3S. The third kappa shape index (κ3) is 4.20. The van der Waals surface area contributed by atoms with Crippen LogP contribution in [0.25, 0.3) is 17.1 Å². The molecule has 0 spiro atoms. The second-order valence-corrected chi connectivity index (χ2v) is 7.07. The number of benzene rings is 2. The summed E-state index contributed by atoms with van der Waals surface area (Å²) >= 11 is 7.17. The highest BCUT2D eigenvalue weighted by atomic mass is 35.5. The van der Waals surface area contributed by atoms with Crippen LogP contribution in [0.3, 0.4) is 0 Å². The molecule has 0 aliphatic heterocycles. The van der Waals surface area contributed by atoms with Crippen molar-refractivity contribution in [1.29, 1.82) is 0 Å². The maximum Gasteiger partial charge on any atom is 0.289 e. The smallest absolute Gasteiger partial charge is 0.289 e. The van der Waals surface area contributed by atoms with Crippen molar-refractivity contribution in [2.75, 3.05) is 12.5 Å². The molecule has 4 rings (SSSR count). The van der Waals surface area contributed by atoms with Gasteiger partial charge in [-0.05, 0) is 34.5 Å². The van der Waals surface area contributed by atoms with E-state index < -0.39 is 5.95 Å². The molecule has 0 radical (unpaired) electrons. The lowest BCUT2D eigenvalue weighted by Crippen LogP contribution is -2.34. The first kappa shape index (κ1) is 18.9. The van der Waals surface area contributed by atoms with Gasteiger partial charge in [-0.2, -0.15) is 5.10 Å². The van der Waals surface area contributed by atoms with E-state index in [9.17, 15) is 5.11 Å². The number of halogens is 1. The zero-order valence-corrected chi connectivity index (χ0v) is 16.6. The molecule has 0 bridgehead atoms. The summed E-state index contributed by atoms with van der Waals surface area (Å²) in [6, 6.07) is 14.3. The van der Waals surface area contributed by atoms with Crippen LogP contribution in [-0.2, 0) is 0 Å². The van der Waals surface area contributed by atoms with Gasteiger partial charge in [-0.25, -0.2) is 4.98 Å². The number of rotatable bonds is 6. The Morgan fingerprint density at radius 1 is 1.21 bits per heavy atom. The van der Waals surface area contributed by atoms with Crippen LogP contribution in [0.1, 0.15) is 5.56 Å². The van der Waals surface area contributed by atoms with E-state index in [4.69, 9.17) is 20.9 Å². The largest absolute Gasteiger partial charge is 0.539 e. The number of hydrazone groups is 1. The molecule has 0 atom stereocenters. The second kappa shape index (κ2) is 8.29. The highest BCUT2D eigenvalue weighted by Gasteiger charge is 2.24. The molecule has 0 saturated carbocycles. The average Bonchev–Trinajstić information content (AvgIpc) is 3.36. The van der Waals surface area contributed by atoms with Crippen LogP contribution in [0.4, 0.5) is 5.13 Å². The molecule has 0 saturated heterocycles. The maximum absolute atomic E-state index is 12.2. The van der Waals surface area contributed by atoms with Crippen LogP contribution in [0.2, 0.25) is 5.02 Å². The molecule has 8 nitrogen and oxygen atoms in total. The topological polar surface area (TPSA) is 99.5 Å². The molecule has 2 aromatic carbocycles. The highest BCUT2D eigenvalue weighted by Crippen LogP contribution is 2.28. The Bertz CT molecular complexity index is 1140. The summed E-state index contributed by atoms with van der Waals surface area (Å²) in [6.45, 7) is 0. The summed E-state index contributed by atoms with van der Waals surface area (Å²) in [6.07, 6.45) is 1.65. The Hall–Kier alpha value is -3.43. The van der Waals surface area contributed by atoms with Crippen molar-refractivity contribution in [2.24, 2.45) is 5.10 Å². The number of hydrogen-bond donors (Lipinski definition) is 1. The number of nitrogens with zero attached hydrogens (tertiary/aromatic N) is 4. The second-order valence-electron chi connectivity index (χ2n) is 5.78. The summed E-state index contributed by atoms with van der Waals surface area (Å²) in [5.74, 6) is 0.114. The van der Waals surface area contributed by atoms with Crippen LogP contribution in [0.15, 0.2) is 63.5 Å². The van der Waals surface area contributed by atoms with E-state index in [1.54, 1.807) is 55.1 Å². The minimum Gasteiger partial charge on any atom is -0.539 e. The molecule has 10 heteroatoms. The first-order valence-electron chi connectivity index (χ1n) is 8.38. The van der Waals surface area contributed by atoms with Crippen LogP contribution < -0.4 is 20.0 Å². The number of nitrogens with one attached hydrogen (secondary N) is 1. The molecule has 4 aromatic rings. The Morgan fingerprint density at radius 2 is 1.97 bits per heavy atom. The molecule has 0 aliphatic carbocycles. The van der Waals surface area contributed by atoms with Crippen molar-refractivity contribution in [3.63, 3.8) is 0 Å². The average molecular weight is 428 g/mol. The quantitative estimate of drug-likeness (QED) is 0.288. The molecule has 0 unspecified atom stereocenters. The number of aromatic nitrogens is 3. The zero-order chi connectivity index (χ0) is 20.2. The lowest BCUT2D eigenvalue weighted by molar-refractivity contribution is -0.660. The van der Waals surface area contributed by atoms with Gasteiger partial charge in [0.2, 0.25) is 10.8 Å². The standard InChI is InChI=1S/C19H14ClN5O3S/c1-27-15-8-6-14(7-9-15)25-17(18(26)28-24-25)16-11-29-19(22-16)23-21-10-12-2-4-13(20)5-3-12/h2-11H,1H3,(H-,22,23,24,26)/b21-10+. The van der Waals surface area contributed by atoms with Crippen molar-refractivity contribution >= 4 is 34.3 Å². The van der Waals surface area contributed by atoms with Gasteiger partial charge in [0.25, 0.3) is 5.69 Å². The van der Waals surface area contributed by atoms with Crippen molar-refractivity contribution in [3.05, 3.63) is 64.5 Å². The Morgan fingerprint density at radius 3 is 2.69 bits per heavy atom. The van der Waals surface area contributed by atoms with Crippen molar-refractivity contribution in [3.8, 4) is 28.8 Å². The van der Waals surface area contributed by atoms with Gasteiger partial charge in [0.1, 0.15) is 5.75 Å². The summed E-state index contributed by atoms with van der Waals surface area (Å²) in [7, 11) is 1.58. The molecule has 2 heterocycles. The van der Waals surface area contributed by atoms with Gasteiger partial charge in [-0.1, -0.05) is 23.7 Å². The first-order chi connectivity index (χ1) is 14.1. The van der Waals surface area contributed by atoms with Crippen molar-refractivity contribution < 1.29 is 19.0 Å². The maximum atomic E-state index is 12.2. The first-order valence-corrected chi connectivity index (χ1v) is 9.64. The third-order valence-electron chi connectivity index (χ3n) is 3.92. The number of methoxy groups -OCH3 is 1. The third-order valence-corrected chi connectivity index (χ3v) is 4.92. The van der Waals surface area contributed by atoms with Crippen LogP contribution in [0.5, 0.6) is 11.7 Å². The van der Waals surface area contributed by atoms with E-state index in [-0.39, 0.29) is 5.69 Å². The van der Waals surface area contributed by atoms with Gasteiger partial charge in [-0.3, -0.25) is 5.43 Å². The van der Waals surface area contributed by atoms with E-state index in [0.717, 1.165) is 5.56 Å². The number of hydrogen-bond acceptors (Lipinski definition) is 8. The zero-order valence-electron chi connectivity index (χ0n) is 15.1. The number of thiazole rings is 1. The van der Waals surface area contributed by atoms with E-state index in [2.05, 4.69) is 20.8 Å². The summed E-state index contributed by atoms with van der Waals surface area (Å²) in [5, 5.41) is 23.1. The molecule has 1 N–H and O–H groups in total. The molecule has 29 heavy (non-hydrogen) atoms. The molecule has 2 aromatic heterocycles. The summed E-state index contributed by atoms with van der Waals surface area (Å²) in [4.78, 5) is 4.41. The highest BCUT2D eigenvalue weighted by molar-refractivity contribution is 7.14. The van der Waals surface area contributed by atoms with Gasteiger partial charge < -0.3 is 14.4 Å². The fraction of sp³-hybridized carbons (Fsp3) is 0.0526. The Kier molecular flexibility index (Phi) is 5.41. The molecule has 146 valence electrons. The van der Waals surface area contributed by atoms with E-state index in [1.807, 2.05) is 12.1 Å². The SMILES string of the molecule is COc1ccc(-[n+]2noc([O-])c2-c2csc(N/N=C/c3ccc(Cl)cc3)n2)cc1. The number of anilines is 1. The van der Waals surface area contributed by atoms with Crippen LogP contribution >= 0.6 is 22.9 Å². The van der Waals surface area contributed by atoms with Crippen molar-refractivity contribution in [2.45, 2.75) is 0 Å². The van der Waals surface area contributed by atoms with Gasteiger partial charge in [0.05, 0.1) is 18.6 Å². The molecule has 0 amide bonds. The van der Waals surface area contributed by atoms with E-state index in [0.29, 0.717) is 27.3 Å². The van der Waals surface area contributed by atoms with Gasteiger partial charge >= 0.3 is 0 Å². The lowest BCUT2D eigenvalue weighted by atomic mass is 10.2. The van der Waals surface area contributed by atoms with Crippen molar-refractivity contribution in [1.82, 2.24) is 10.3 Å². The molecule has 0 fully saturated rings. The predicted molar refractivity (Wildman–Crippen MR) is 108 cm³/mol. The molecule has 0 aliphatic rings. The number of ether oxygens (including phenoxy) is 1. The Labute approximate surface area is 174 Å².